The molecule has 85 valence electrons. The third kappa shape index (κ3) is 4.80. The molecule has 16 heavy (non-hydrogen) atoms. The molecule has 2 nitrogen and oxygen atoms in total. The average Bonchev–Trinajstić information content (AvgIpc) is 2.15. The first-order valence-electron chi connectivity index (χ1n) is 5.31. The first kappa shape index (κ1) is 12.5. The van der Waals surface area contributed by atoms with Crippen molar-refractivity contribution in [2.75, 3.05) is 28.2 Å². The number of rotatable bonds is 0. The Morgan fingerprint density at radius 3 is 1.88 bits per heavy atom. The second-order valence-electron chi connectivity index (χ2n) is 5.19. The van der Waals surface area contributed by atoms with Crippen molar-refractivity contribution >= 4 is 10.8 Å². The lowest BCUT2D eigenvalue weighted by Gasteiger charge is -2.14. The van der Waals surface area contributed by atoms with E-state index in [0.29, 0.717) is 0 Å². The van der Waals surface area contributed by atoms with E-state index in [2.05, 4.69) is 28.2 Å². The van der Waals surface area contributed by atoms with Gasteiger partial charge in [0.15, 0.2) is 5.75 Å². The number of quaternary nitrogens is 1. The molecular formula is C14H19NO+. The highest BCUT2D eigenvalue weighted by molar-refractivity contribution is 5.83. The molecular weight excluding hydrogens is 198 g/mol. The molecule has 0 amide bonds. The molecule has 0 aliphatic rings. The van der Waals surface area contributed by atoms with Crippen LogP contribution < -0.4 is 0 Å². The summed E-state index contributed by atoms with van der Waals surface area (Å²) in [6.45, 7) is 0. The summed E-state index contributed by atoms with van der Waals surface area (Å²) in [5, 5.41) is 13.0. The van der Waals surface area contributed by atoms with Crippen molar-refractivity contribution in [3.05, 3.63) is 42.5 Å². The van der Waals surface area contributed by atoms with Crippen LogP contribution in [0.5, 0.6) is 5.75 Å². The first-order valence-corrected chi connectivity index (χ1v) is 5.31. The van der Waals surface area contributed by atoms with Crippen LogP contribution in [0.25, 0.3) is 10.8 Å². The maximum Gasteiger partial charge on any atom is 0.179 e. The number of benzene rings is 2. The number of nitrogens with zero attached hydrogens (tertiary/aromatic N) is 1. The van der Waals surface area contributed by atoms with E-state index in [0.717, 1.165) is 15.3 Å². The molecule has 0 bridgehead atoms. The summed E-state index contributed by atoms with van der Waals surface area (Å²) in [5.74, 6) is 0.0729. The van der Waals surface area contributed by atoms with Gasteiger partial charge in [0, 0.05) is 0 Å². The molecule has 0 heterocycles. The third-order valence-corrected chi connectivity index (χ3v) is 1.72. The van der Waals surface area contributed by atoms with E-state index in [-0.39, 0.29) is 5.75 Å². The van der Waals surface area contributed by atoms with Crippen molar-refractivity contribution in [3.63, 3.8) is 0 Å². The third-order valence-electron chi connectivity index (χ3n) is 1.72. The van der Waals surface area contributed by atoms with Gasteiger partial charge >= 0.3 is 0 Å². The highest BCUT2D eigenvalue weighted by atomic mass is 16.3. The van der Waals surface area contributed by atoms with Gasteiger partial charge in [-0.1, -0.05) is 30.3 Å². The van der Waals surface area contributed by atoms with Crippen molar-refractivity contribution < 1.29 is 9.59 Å². The zero-order valence-corrected chi connectivity index (χ0v) is 10.4. The molecule has 1 radical (unpaired) electrons. The standard InChI is InChI=1S/C10H7O.C4H12N/c11-10-6-5-8-3-1-2-4-9(8)7-10;1-5(2,3)4/h1-7H;1-4H3/q;+1. The fourth-order valence-corrected chi connectivity index (χ4v) is 1.17. The van der Waals surface area contributed by atoms with Gasteiger partial charge in [0.05, 0.1) is 28.2 Å². The van der Waals surface area contributed by atoms with E-state index in [1.54, 1.807) is 12.1 Å². The van der Waals surface area contributed by atoms with Gasteiger partial charge in [-0.25, -0.2) is 0 Å². The molecule has 2 aromatic rings. The van der Waals surface area contributed by atoms with Crippen LogP contribution in [-0.2, 0) is 5.11 Å². The lowest BCUT2D eigenvalue weighted by atomic mass is 10.1. The van der Waals surface area contributed by atoms with E-state index in [4.69, 9.17) is 0 Å². The van der Waals surface area contributed by atoms with E-state index in [1.807, 2.05) is 30.3 Å². The minimum absolute atomic E-state index is 0.0729. The lowest BCUT2D eigenvalue weighted by Crippen LogP contribution is -2.27. The topological polar surface area (TPSA) is 19.9 Å². The molecule has 2 rings (SSSR count). The molecule has 0 aliphatic carbocycles. The molecule has 2 heteroatoms. The van der Waals surface area contributed by atoms with Crippen LogP contribution >= 0.6 is 0 Å². The minimum atomic E-state index is 0.0729. The molecule has 0 spiro atoms. The smallest absolute Gasteiger partial charge is 0.179 e. The average molecular weight is 217 g/mol. The highest BCUT2D eigenvalue weighted by Crippen LogP contribution is 2.19. The zero-order valence-electron chi connectivity index (χ0n) is 10.4. The van der Waals surface area contributed by atoms with E-state index in [1.165, 1.54) is 0 Å². The molecule has 0 atom stereocenters. The summed E-state index contributed by atoms with van der Waals surface area (Å²) in [6.07, 6.45) is 0. The van der Waals surface area contributed by atoms with E-state index >= 15 is 0 Å². The lowest BCUT2D eigenvalue weighted by molar-refractivity contribution is -0.849. The molecule has 0 unspecified atom stereocenters. The normalized spacial score (nSPS) is 10.8. The van der Waals surface area contributed by atoms with Gasteiger partial charge < -0.3 is 4.48 Å². The van der Waals surface area contributed by atoms with Crippen LogP contribution in [-0.4, -0.2) is 32.7 Å². The Kier molecular flexibility index (Phi) is 3.91. The monoisotopic (exact) mass is 217 g/mol. The summed E-state index contributed by atoms with van der Waals surface area (Å²) in [7, 11) is 8.50. The van der Waals surface area contributed by atoms with E-state index in [9.17, 15) is 5.11 Å². The molecule has 0 saturated carbocycles. The summed E-state index contributed by atoms with van der Waals surface area (Å²) in [4.78, 5) is 0. The molecule has 0 aromatic heterocycles. The maximum absolute atomic E-state index is 10.9. The van der Waals surface area contributed by atoms with Gasteiger partial charge in [0.2, 0.25) is 0 Å². The fraction of sp³-hybridized carbons (Fsp3) is 0.286. The minimum Gasteiger partial charge on any atom is -0.333 e. The SMILES string of the molecule is C[N+](C)(C)C.[O]c1ccc2ccccc2c1. The van der Waals surface area contributed by atoms with Gasteiger partial charge in [-0.05, 0) is 22.9 Å². The van der Waals surface area contributed by atoms with Crippen molar-refractivity contribution in [2.24, 2.45) is 0 Å². The summed E-state index contributed by atoms with van der Waals surface area (Å²) in [5.41, 5.74) is 0. The predicted molar refractivity (Wildman–Crippen MR) is 68.0 cm³/mol. The number of hydrogen-bond donors (Lipinski definition) is 0. The number of fused-ring (bicyclic) bond motifs is 1. The molecule has 0 saturated heterocycles. The Balaban J connectivity index is 0.000000221. The van der Waals surface area contributed by atoms with Crippen LogP contribution in [0, 0.1) is 0 Å². The van der Waals surface area contributed by atoms with Crippen LogP contribution in [0.15, 0.2) is 42.5 Å². The Labute approximate surface area is 97.3 Å². The second-order valence-corrected chi connectivity index (χ2v) is 5.19. The molecule has 0 N–H and O–H groups in total. The van der Waals surface area contributed by atoms with Crippen LogP contribution in [0.1, 0.15) is 0 Å². The Morgan fingerprint density at radius 2 is 1.31 bits per heavy atom. The maximum atomic E-state index is 10.9. The Morgan fingerprint density at radius 1 is 0.812 bits per heavy atom. The highest BCUT2D eigenvalue weighted by Gasteiger charge is 1.92. The van der Waals surface area contributed by atoms with Crippen molar-refractivity contribution in [3.8, 4) is 5.75 Å². The Hall–Kier alpha value is -1.54. The largest absolute Gasteiger partial charge is 0.333 e. The Bertz CT molecular complexity index is 451. The van der Waals surface area contributed by atoms with Crippen LogP contribution in [0.4, 0.5) is 0 Å². The van der Waals surface area contributed by atoms with Crippen molar-refractivity contribution in [1.29, 1.82) is 0 Å². The summed E-state index contributed by atoms with van der Waals surface area (Å²) >= 11 is 0. The van der Waals surface area contributed by atoms with Gasteiger partial charge in [-0.3, -0.25) is 5.11 Å². The predicted octanol–water partition coefficient (Wildman–Crippen LogP) is 3.31. The molecule has 2 aromatic carbocycles. The summed E-state index contributed by atoms with van der Waals surface area (Å²) in [6, 6.07) is 12.9. The first-order chi connectivity index (χ1) is 7.36. The van der Waals surface area contributed by atoms with Crippen LogP contribution in [0.3, 0.4) is 0 Å². The van der Waals surface area contributed by atoms with Crippen molar-refractivity contribution in [2.45, 2.75) is 0 Å². The van der Waals surface area contributed by atoms with Gasteiger partial charge in [0.1, 0.15) is 0 Å². The molecule has 0 aliphatic heterocycles. The molecule has 0 fully saturated rings. The van der Waals surface area contributed by atoms with Gasteiger partial charge in [0.25, 0.3) is 0 Å². The zero-order chi connectivity index (χ0) is 12.2. The van der Waals surface area contributed by atoms with Gasteiger partial charge in [-0.15, -0.1) is 0 Å². The van der Waals surface area contributed by atoms with Gasteiger partial charge in [-0.2, -0.15) is 0 Å². The number of hydrogen-bond acceptors (Lipinski definition) is 0. The van der Waals surface area contributed by atoms with E-state index < -0.39 is 0 Å². The fourth-order valence-electron chi connectivity index (χ4n) is 1.17. The van der Waals surface area contributed by atoms with Crippen molar-refractivity contribution in [1.82, 2.24) is 0 Å². The van der Waals surface area contributed by atoms with Crippen LogP contribution in [0.2, 0.25) is 0 Å². The quantitative estimate of drug-likeness (QED) is 0.603. The second kappa shape index (κ2) is 4.99. The summed E-state index contributed by atoms with van der Waals surface area (Å²) < 4.78 is 1.00.